The number of allylic oxidation sites excluding steroid dienone is 3. The predicted molar refractivity (Wildman–Crippen MR) is 67.2 cm³/mol. The van der Waals surface area contributed by atoms with Crippen LogP contribution in [0.4, 0.5) is 0 Å². The molecule has 2 rings (SSSR count). The lowest BCUT2D eigenvalue weighted by Gasteiger charge is -2.07. The average Bonchev–Trinajstić information content (AvgIpc) is 2.82. The third-order valence-corrected chi connectivity index (χ3v) is 5.40. The highest BCUT2D eigenvalue weighted by atomic mass is 32.2. The van der Waals surface area contributed by atoms with E-state index in [0.717, 1.165) is 24.8 Å². The summed E-state index contributed by atoms with van der Waals surface area (Å²) in [6, 6.07) is 3.39. The molecule has 0 bridgehead atoms. The Morgan fingerprint density at radius 1 is 1.31 bits per heavy atom. The molecule has 0 atom stereocenters. The molecule has 1 aliphatic carbocycles. The largest absolute Gasteiger partial charge is 0.218 e. The SMILES string of the molecule is O=S(=O)(/C=C/C1=CCCCC1)c1cccs1. The van der Waals surface area contributed by atoms with Crippen LogP contribution in [0.5, 0.6) is 0 Å². The lowest BCUT2D eigenvalue weighted by atomic mass is 10.0. The van der Waals surface area contributed by atoms with Crippen molar-refractivity contribution in [2.75, 3.05) is 0 Å². The van der Waals surface area contributed by atoms with Gasteiger partial charge in [0, 0.05) is 5.41 Å². The van der Waals surface area contributed by atoms with Gasteiger partial charge in [0.25, 0.3) is 0 Å². The molecule has 0 amide bonds. The first-order chi connectivity index (χ1) is 7.68. The third-order valence-electron chi connectivity index (χ3n) is 2.56. The van der Waals surface area contributed by atoms with E-state index in [9.17, 15) is 8.42 Å². The van der Waals surface area contributed by atoms with Crippen molar-refractivity contribution in [1.82, 2.24) is 0 Å². The van der Waals surface area contributed by atoms with Crippen LogP contribution in [0.3, 0.4) is 0 Å². The molecule has 1 aromatic rings. The highest BCUT2D eigenvalue weighted by Crippen LogP contribution is 2.22. The van der Waals surface area contributed by atoms with Gasteiger partial charge >= 0.3 is 0 Å². The fourth-order valence-electron chi connectivity index (χ4n) is 1.68. The number of sulfone groups is 1. The second kappa shape index (κ2) is 4.97. The fraction of sp³-hybridized carbons (Fsp3) is 0.333. The van der Waals surface area contributed by atoms with Gasteiger partial charge in [-0.25, -0.2) is 8.42 Å². The second-order valence-electron chi connectivity index (χ2n) is 3.80. The summed E-state index contributed by atoms with van der Waals surface area (Å²) in [5.74, 6) is 0. The molecule has 0 N–H and O–H groups in total. The molecule has 0 spiro atoms. The summed E-state index contributed by atoms with van der Waals surface area (Å²) in [4.78, 5) is 0. The zero-order chi connectivity index (χ0) is 11.4. The minimum atomic E-state index is -3.22. The molecule has 16 heavy (non-hydrogen) atoms. The molecule has 1 aromatic heterocycles. The minimum absolute atomic E-state index is 0.417. The van der Waals surface area contributed by atoms with Crippen LogP contribution < -0.4 is 0 Å². The smallest absolute Gasteiger partial charge is 0.209 e. The molecular formula is C12H14O2S2. The Hall–Kier alpha value is -0.870. The van der Waals surface area contributed by atoms with Crippen LogP contribution in [0, 0.1) is 0 Å². The standard InChI is InChI=1S/C12H14O2S2/c13-16(14,12-7-4-9-15-12)10-8-11-5-2-1-3-6-11/h4-5,7-10H,1-3,6H2/b10-8+. The zero-order valence-corrected chi connectivity index (χ0v) is 10.6. The molecule has 2 nitrogen and oxygen atoms in total. The second-order valence-corrected chi connectivity index (χ2v) is 6.81. The highest BCUT2D eigenvalue weighted by Gasteiger charge is 2.11. The maximum atomic E-state index is 11.8. The van der Waals surface area contributed by atoms with Gasteiger partial charge in [0.2, 0.25) is 9.84 Å². The van der Waals surface area contributed by atoms with E-state index in [4.69, 9.17) is 0 Å². The Kier molecular flexibility index (Phi) is 3.61. The summed E-state index contributed by atoms with van der Waals surface area (Å²) in [6.45, 7) is 0. The Morgan fingerprint density at radius 2 is 2.19 bits per heavy atom. The van der Waals surface area contributed by atoms with Crippen LogP contribution >= 0.6 is 11.3 Å². The van der Waals surface area contributed by atoms with Crippen molar-refractivity contribution in [3.8, 4) is 0 Å². The van der Waals surface area contributed by atoms with Crippen LogP contribution in [0.25, 0.3) is 0 Å². The summed E-state index contributed by atoms with van der Waals surface area (Å²) in [7, 11) is -3.22. The normalized spacial score (nSPS) is 17.6. The van der Waals surface area contributed by atoms with Gasteiger partial charge in [-0.1, -0.05) is 17.7 Å². The van der Waals surface area contributed by atoms with Gasteiger partial charge in [0.05, 0.1) is 0 Å². The summed E-state index contributed by atoms with van der Waals surface area (Å²) >= 11 is 1.26. The minimum Gasteiger partial charge on any atom is -0.218 e. The monoisotopic (exact) mass is 254 g/mol. The van der Waals surface area contributed by atoms with Gasteiger partial charge in [0.15, 0.2) is 0 Å². The zero-order valence-electron chi connectivity index (χ0n) is 8.93. The molecule has 0 unspecified atom stereocenters. The maximum absolute atomic E-state index is 11.8. The van der Waals surface area contributed by atoms with Gasteiger partial charge < -0.3 is 0 Å². The van der Waals surface area contributed by atoms with Gasteiger partial charge in [0.1, 0.15) is 4.21 Å². The molecule has 0 saturated carbocycles. The van der Waals surface area contributed by atoms with Crippen LogP contribution in [-0.4, -0.2) is 8.42 Å². The van der Waals surface area contributed by atoms with E-state index in [-0.39, 0.29) is 0 Å². The molecule has 0 saturated heterocycles. The summed E-state index contributed by atoms with van der Waals surface area (Å²) in [5.41, 5.74) is 1.14. The number of hydrogen-bond donors (Lipinski definition) is 0. The Bertz CT molecular complexity index is 493. The molecule has 1 aliphatic rings. The Morgan fingerprint density at radius 3 is 2.81 bits per heavy atom. The topological polar surface area (TPSA) is 34.1 Å². The van der Waals surface area contributed by atoms with Gasteiger partial charge in [-0.3, -0.25) is 0 Å². The van der Waals surface area contributed by atoms with Crippen molar-refractivity contribution >= 4 is 21.2 Å². The van der Waals surface area contributed by atoms with Crippen molar-refractivity contribution in [3.05, 3.63) is 40.6 Å². The van der Waals surface area contributed by atoms with E-state index in [1.807, 2.05) is 0 Å². The summed E-state index contributed by atoms with van der Waals surface area (Å²) < 4.78 is 24.1. The van der Waals surface area contributed by atoms with Gasteiger partial charge in [-0.15, -0.1) is 11.3 Å². The van der Waals surface area contributed by atoms with Crippen molar-refractivity contribution in [1.29, 1.82) is 0 Å². The van der Waals surface area contributed by atoms with E-state index in [1.54, 1.807) is 23.6 Å². The molecular weight excluding hydrogens is 240 g/mol. The maximum Gasteiger partial charge on any atom is 0.209 e. The van der Waals surface area contributed by atoms with Gasteiger partial charge in [-0.2, -0.15) is 0 Å². The third kappa shape index (κ3) is 2.83. The molecule has 0 aliphatic heterocycles. The van der Waals surface area contributed by atoms with E-state index >= 15 is 0 Å². The first-order valence-electron chi connectivity index (χ1n) is 5.34. The van der Waals surface area contributed by atoms with E-state index < -0.39 is 9.84 Å². The van der Waals surface area contributed by atoms with Crippen molar-refractivity contribution < 1.29 is 8.42 Å². The summed E-state index contributed by atoms with van der Waals surface area (Å²) in [6.07, 6.45) is 8.32. The van der Waals surface area contributed by atoms with E-state index in [2.05, 4.69) is 6.08 Å². The van der Waals surface area contributed by atoms with Crippen molar-refractivity contribution in [2.24, 2.45) is 0 Å². The van der Waals surface area contributed by atoms with Crippen LogP contribution in [0.2, 0.25) is 0 Å². The molecule has 0 radical (unpaired) electrons. The molecule has 0 fully saturated rings. The number of thiophene rings is 1. The first kappa shape index (κ1) is 11.6. The molecule has 86 valence electrons. The molecule has 0 aromatic carbocycles. The lowest BCUT2D eigenvalue weighted by molar-refractivity contribution is 0.606. The summed E-state index contributed by atoms with van der Waals surface area (Å²) in [5, 5.41) is 3.11. The van der Waals surface area contributed by atoms with Gasteiger partial charge in [-0.05, 0) is 43.2 Å². The van der Waals surface area contributed by atoms with Crippen LogP contribution in [0.1, 0.15) is 25.7 Å². The van der Waals surface area contributed by atoms with Crippen LogP contribution in [0.15, 0.2) is 44.9 Å². The van der Waals surface area contributed by atoms with E-state index in [0.29, 0.717) is 4.21 Å². The Balaban J connectivity index is 2.15. The Labute approximate surface area is 100 Å². The quantitative estimate of drug-likeness (QED) is 0.827. The van der Waals surface area contributed by atoms with Crippen molar-refractivity contribution in [2.45, 2.75) is 29.9 Å². The number of hydrogen-bond acceptors (Lipinski definition) is 3. The lowest BCUT2D eigenvalue weighted by Crippen LogP contribution is -1.94. The van der Waals surface area contributed by atoms with Crippen LogP contribution in [-0.2, 0) is 9.84 Å². The van der Waals surface area contributed by atoms with Crippen molar-refractivity contribution in [3.63, 3.8) is 0 Å². The predicted octanol–water partition coefficient (Wildman–Crippen LogP) is 3.54. The molecule has 4 heteroatoms. The van der Waals surface area contributed by atoms with E-state index in [1.165, 1.54) is 23.2 Å². The average molecular weight is 254 g/mol. The fourth-order valence-corrected chi connectivity index (χ4v) is 3.76. The number of rotatable bonds is 3. The highest BCUT2D eigenvalue weighted by molar-refractivity contribution is 7.96. The molecule has 1 heterocycles. The first-order valence-corrected chi connectivity index (χ1v) is 7.77.